The van der Waals surface area contributed by atoms with E-state index in [4.69, 9.17) is 9.47 Å². The lowest BCUT2D eigenvalue weighted by Gasteiger charge is -2.33. The number of hydroxylamine groups is 3. The Morgan fingerprint density at radius 3 is 2.68 bits per heavy atom. The van der Waals surface area contributed by atoms with Crippen molar-refractivity contribution in [2.24, 2.45) is 11.8 Å². The lowest BCUT2D eigenvalue weighted by Crippen LogP contribution is -2.51. The number of thiazole rings is 1. The maximum atomic E-state index is 14.1. The van der Waals surface area contributed by atoms with Crippen LogP contribution in [-0.4, -0.2) is 105 Å². The van der Waals surface area contributed by atoms with Crippen LogP contribution in [0.4, 0.5) is 9.93 Å². The van der Waals surface area contributed by atoms with Gasteiger partial charge in [0.05, 0.1) is 67.2 Å². The fourth-order valence-electron chi connectivity index (χ4n) is 6.26. The van der Waals surface area contributed by atoms with Gasteiger partial charge in [-0.05, 0) is 48.9 Å². The van der Waals surface area contributed by atoms with Gasteiger partial charge in [-0.3, -0.25) is 0 Å². The van der Waals surface area contributed by atoms with Gasteiger partial charge < -0.3 is 35.1 Å². The molecule has 1 saturated carbocycles. The minimum absolute atomic E-state index is 0.0317. The van der Waals surface area contributed by atoms with Crippen molar-refractivity contribution in [2.45, 2.75) is 68.8 Å². The Kier molecular flexibility index (Phi) is 11.4. The summed E-state index contributed by atoms with van der Waals surface area (Å²) in [5.41, 5.74) is 1.53. The molecule has 1 saturated heterocycles. The van der Waals surface area contributed by atoms with Crippen LogP contribution in [0.1, 0.15) is 38.7 Å². The van der Waals surface area contributed by atoms with Crippen molar-refractivity contribution < 1.29 is 32.4 Å². The molecule has 2 aliphatic rings. The number of anilines is 1. The lowest BCUT2D eigenvalue weighted by molar-refractivity contribution is -0.838. The molecule has 2 heterocycles. The minimum Gasteiger partial charge on any atom is -0.633 e. The van der Waals surface area contributed by atoms with Crippen LogP contribution in [0.3, 0.4) is 0 Å². The molecule has 0 spiro atoms. The molecule has 2 aromatic carbocycles. The second-order valence-corrected chi connectivity index (χ2v) is 16.5. The molecule has 47 heavy (non-hydrogen) atoms. The van der Waals surface area contributed by atoms with E-state index in [1.807, 2.05) is 44.2 Å². The van der Waals surface area contributed by atoms with Crippen molar-refractivity contribution in [3.05, 3.63) is 59.3 Å². The average Bonchev–Trinajstić information content (AvgIpc) is 3.73. The Balaban J connectivity index is 1.32. The summed E-state index contributed by atoms with van der Waals surface area (Å²) in [6, 6.07) is 13.4. The van der Waals surface area contributed by atoms with Gasteiger partial charge in [-0.25, -0.2) is 18.2 Å². The number of fused-ring (bicyclic) bond motifs is 2. The first-order valence-corrected chi connectivity index (χ1v) is 18.5. The van der Waals surface area contributed by atoms with E-state index in [1.54, 1.807) is 26.2 Å². The number of hydrogen-bond acceptors (Lipinski definition) is 10. The first-order valence-electron chi connectivity index (χ1n) is 16.3. The van der Waals surface area contributed by atoms with E-state index >= 15 is 0 Å². The molecule has 5 atom stereocenters. The van der Waals surface area contributed by atoms with Gasteiger partial charge in [0.15, 0.2) is 5.13 Å². The summed E-state index contributed by atoms with van der Waals surface area (Å²) in [7, 11) is -0.910. The topological polar surface area (TPSA) is 153 Å². The van der Waals surface area contributed by atoms with E-state index in [1.165, 1.54) is 21.7 Å². The first kappa shape index (κ1) is 35.5. The number of aliphatic hydroxyl groups excluding tert-OH is 1. The molecule has 14 heteroatoms. The predicted molar refractivity (Wildman–Crippen MR) is 182 cm³/mol. The summed E-state index contributed by atoms with van der Waals surface area (Å²) in [5, 5.41) is 30.1. The number of hydrogen-bond donors (Lipinski definition) is 3. The molecule has 12 nitrogen and oxygen atoms in total. The largest absolute Gasteiger partial charge is 0.633 e. The van der Waals surface area contributed by atoms with Crippen molar-refractivity contribution in [1.29, 1.82) is 0 Å². The van der Waals surface area contributed by atoms with Gasteiger partial charge in [-0.1, -0.05) is 61.9 Å². The maximum Gasteiger partial charge on any atom is 0.407 e. The molecule has 3 aromatic rings. The number of aliphatic hydroxyl groups is 1. The highest BCUT2D eigenvalue weighted by Crippen LogP contribution is 2.37. The molecule has 1 amide bonds. The SMILES string of the molecule is CC(C)CN(CC(O)C(Cc1ccccc1)NC(=O)OC1COC2CCCC21)S(=O)(=O)c1ccc2nc(NCC[N+](C)(C)[O-])sc2c1. The molecule has 1 aliphatic heterocycles. The van der Waals surface area contributed by atoms with Crippen molar-refractivity contribution in [3.63, 3.8) is 0 Å². The van der Waals surface area contributed by atoms with Crippen molar-refractivity contribution >= 4 is 42.8 Å². The average molecular weight is 690 g/mol. The quantitative estimate of drug-likeness (QED) is 0.158. The molecule has 258 valence electrons. The van der Waals surface area contributed by atoms with Crippen LogP contribution in [0, 0.1) is 17.0 Å². The summed E-state index contributed by atoms with van der Waals surface area (Å²) in [5.74, 6) is 0.146. The highest BCUT2D eigenvalue weighted by atomic mass is 32.2. The number of rotatable bonds is 15. The fraction of sp³-hybridized carbons (Fsp3) is 0.576. The third-order valence-electron chi connectivity index (χ3n) is 8.66. The molecule has 0 bridgehead atoms. The summed E-state index contributed by atoms with van der Waals surface area (Å²) in [4.78, 5) is 17.8. The number of carbonyl (C=O) groups is 1. The van der Waals surface area contributed by atoms with Crippen LogP contribution in [-0.2, 0) is 25.9 Å². The first-order chi connectivity index (χ1) is 22.3. The van der Waals surface area contributed by atoms with Crippen LogP contribution in [0.5, 0.6) is 0 Å². The number of alkyl carbamates (subject to hydrolysis) is 1. The molecule has 1 aromatic heterocycles. The fourth-order valence-corrected chi connectivity index (χ4v) is 8.91. The van der Waals surface area contributed by atoms with Gasteiger partial charge in [0.25, 0.3) is 0 Å². The van der Waals surface area contributed by atoms with E-state index in [9.17, 15) is 23.5 Å². The normalized spacial score (nSPS) is 21.2. The Morgan fingerprint density at radius 1 is 1.19 bits per heavy atom. The minimum atomic E-state index is -4.05. The van der Waals surface area contributed by atoms with E-state index in [0.29, 0.717) is 35.0 Å². The van der Waals surface area contributed by atoms with E-state index in [-0.39, 0.29) is 48.4 Å². The van der Waals surface area contributed by atoms with E-state index in [0.717, 1.165) is 24.8 Å². The number of sulfonamides is 1. The van der Waals surface area contributed by atoms with Crippen LogP contribution < -0.4 is 10.6 Å². The number of amides is 1. The zero-order valence-corrected chi connectivity index (χ0v) is 29.1. The highest BCUT2D eigenvalue weighted by molar-refractivity contribution is 7.89. The van der Waals surface area contributed by atoms with Gasteiger partial charge in [0.2, 0.25) is 10.0 Å². The Labute approximate surface area is 281 Å². The summed E-state index contributed by atoms with van der Waals surface area (Å²) in [6.45, 7) is 4.91. The monoisotopic (exact) mass is 689 g/mol. The number of carbonyl (C=O) groups excluding carboxylic acids is 1. The maximum absolute atomic E-state index is 14.1. The van der Waals surface area contributed by atoms with Gasteiger partial charge >= 0.3 is 6.09 Å². The molecule has 5 unspecified atom stereocenters. The molecular weight excluding hydrogens is 643 g/mol. The van der Waals surface area contributed by atoms with Gasteiger partial charge in [0.1, 0.15) is 6.10 Å². The Bertz CT molecular complexity index is 1600. The number of nitrogens with zero attached hydrogens (tertiary/aromatic N) is 3. The number of quaternary nitrogens is 1. The van der Waals surface area contributed by atoms with Crippen molar-refractivity contribution in [2.75, 3.05) is 52.2 Å². The van der Waals surface area contributed by atoms with Crippen LogP contribution in [0.15, 0.2) is 53.4 Å². The Morgan fingerprint density at radius 2 is 1.96 bits per heavy atom. The molecule has 5 rings (SSSR count). The zero-order chi connectivity index (χ0) is 33.8. The summed E-state index contributed by atoms with van der Waals surface area (Å²) in [6.07, 6.45) is 1.14. The molecule has 2 fully saturated rings. The second-order valence-electron chi connectivity index (χ2n) is 13.5. The number of likely N-dealkylation sites (N-methyl/N-ethyl adjacent to an activating group) is 1. The third kappa shape index (κ3) is 9.40. The Hall–Kier alpha value is -2.85. The molecular formula is C33H47N5O7S2. The van der Waals surface area contributed by atoms with Crippen LogP contribution in [0.2, 0.25) is 0 Å². The zero-order valence-electron chi connectivity index (χ0n) is 27.5. The number of benzene rings is 2. The van der Waals surface area contributed by atoms with Gasteiger partial charge in [0, 0.05) is 19.0 Å². The standard InChI is InChI=1S/C33H47N5O7S2/c1-22(2)19-37(47(42,43)24-13-14-26-31(18-24)46-32(35-26)34-15-16-38(3,4)41)20-28(39)27(17-23-9-6-5-7-10-23)36-33(40)45-30-21-44-29-12-8-11-25(29)30/h5-7,9-10,13-14,18,22,25,27-30,39H,8,11-12,15-17,19-21H2,1-4H3,(H,34,35)(H,36,40). The van der Waals surface area contributed by atoms with Crippen molar-refractivity contribution in [1.82, 2.24) is 14.6 Å². The summed E-state index contributed by atoms with van der Waals surface area (Å²) >= 11 is 1.32. The smallest absolute Gasteiger partial charge is 0.407 e. The van der Waals surface area contributed by atoms with Gasteiger partial charge in [-0.2, -0.15) is 4.31 Å². The number of ether oxygens (including phenoxy) is 2. The van der Waals surface area contributed by atoms with Gasteiger partial charge in [-0.15, -0.1) is 0 Å². The third-order valence-corrected chi connectivity index (χ3v) is 11.5. The number of aromatic nitrogens is 1. The highest BCUT2D eigenvalue weighted by Gasteiger charge is 2.43. The van der Waals surface area contributed by atoms with E-state index < -0.39 is 32.9 Å². The number of nitrogens with one attached hydrogen (secondary N) is 2. The van der Waals surface area contributed by atoms with Crippen LogP contribution in [0.25, 0.3) is 10.2 Å². The van der Waals surface area contributed by atoms with E-state index in [2.05, 4.69) is 15.6 Å². The van der Waals surface area contributed by atoms with Crippen molar-refractivity contribution in [3.8, 4) is 0 Å². The van der Waals surface area contributed by atoms with Crippen LogP contribution >= 0.6 is 11.3 Å². The molecule has 0 radical (unpaired) electrons. The summed E-state index contributed by atoms with van der Waals surface area (Å²) < 4.78 is 41.3. The lowest BCUT2D eigenvalue weighted by atomic mass is 10.0. The predicted octanol–water partition coefficient (Wildman–Crippen LogP) is 4.20. The molecule has 3 N–H and O–H groups in total. The second kappa shape index (κ2) is 15.1. The molecule has 1 aliphatic carbocycles.